The lowest BCUT2D eigenvalue weighted by atomic mass is 10.1. The van der Waals surface area contributed by atoms with Gasteiger partial charge in [-0.2, -0.15) is 18.0 Å². The van der Waals surface area contributed by atoms with Gasteiger partial charge in [-0.1, -0.05) is 31.5 Å². The maximum absolute atomic E-state index is 12.2. The van der Waals surface area contributed by atoms with Crippen LogP contribution < -0.4 is 0 Å². The lowest BCUT2D eigenvalue weighted by Crippen LogP contribution is -2.08. The number of hydrogen-bond acceptors (Lipinski definition) is 1. The van der Waals surface area contributed by atoms with E-state index in [0.717, 1.165) is 6.08 Å². The Bertz CT molecular complexity index is 422. The average molecular weight is 267 g/mol. The molecule has 1 rings (SSSR count). The van der Waals surface area contributed by atoms with Crippen molar-refractivity contribution in [1.82, 2.24) is 0 Å². The lowest BCUT2D eigenvalue weighted by Gasteiger charge is -2.04. The maximum Gasteiger partial charge on any atom is 0.426 e. The van der Waals surface area contributed by atoms with Gasteiger partial charge < -0.3 is 5.53 Å². The van der Waals surface area contributed by atoms with E-state index in [1.807, 2.05) is 0 Å². The molecule has 3 nitrogen and oxygen atoms in total. The van der Waals surface area contributed by atoms with E-state index in [-0.39, 0.29) is 0 Å². The summed E-state index contributed by atoms with van der Waals surface area (Å²) >= 11 is 5.11. The summed E-state index contributed by atoms with van der Waals surface area (Å²) < 4.78 is 36.6. The van der Waals surface area contributed by atoms with Crippen molar-refractivity contribution in [3.8, 4) is 0 Å². The third-order valence-corrected chi connectivity index (χ3v) is 3.34. The Balaban J connectivity index is 2.89. The highest BCUT2D eigenvalue weighted by Gasteiger charge is 2.61. The number of allylic oxidation sites excluding steroid dienone is 2. The average Bonchev–Trinajstić information content (AvgIpc) is 2.67. The van der Waals surface area contributed by atoms with E-state index in [1.165, 1.54) is 0 Å². The Kier molecular flexibility index (Phi) is 3.50. The highest BCUT2D eigenvalue weighted by Crippen LogP contribution is 2.60. The fourth-order valence-electron chi connectivity index (χ4n) is 1.92. The molecule has 2 atom stereocenters. The zero-order valence-electron chi connectivity index (χ0n) is 9.12. The molecule has 94 valence electrons. The van der Waals surface area contributed by atoms with Crippen molar-refractivity contribution in [2.45, 2.75) is 20.0 Å². The summed E-state index contributed by atoms with van der Waals surface area (Å²) in [6.07, 6.45) is -3.06. The van der Waals surface area contributed by atoms with Crippen LogP contribution in [0.4, 0.5) is 13.2 Å². The van der Waals surface area contributed by atoms with Crippen LogP contribution in [-0.4, -0.2) is 23.0 Å². The topological polar surface area (TPSA) is 53.5 Å². The first-order valence-corrected chi connectivity index (χ1v) is 5.16. The summed E-state index contributed by atoms with van der Waals surface area (Å²) in [5.41, 5.74) is 7.60. The molecular weight excluding hydrogens is 257 g/mol. The second-order valence-corrected chi connectivity index (χ2v) is 4.89. The minimum absolute atomic E-state index is 0.509. The van der Waals surface area contributed by atoms with Gasteiger partial charge in [0.05, 0.1) is 0 Å². The van der Waals surface area contributed by atoms with Crippen LogP contribution in [0.5, 0.6) is 0 Å². The van der Waals surface area contributed by atoms with E-state index in [0.29, 0.717) is 6.21 Å². The summed E-state index contributed by atoms with van der Waals surface area (Å²) in [5, 5.41) is -1.23. The van der Waals surface area contributed by atoms with Crippen molar-refractivity contribution in [2.24, 2.45) is 17.3 Å². The summed E-state index contributed by atoms with van der Waals surface area (Å²) in [6.45, 7) is 3.31. The monoisotopic (exact) mass is 266 g/mol. The first-order valence-electron chi connectivity index (χ1n) is 4.78. The molecule has 0 heterocycles. The molecule has 1 aliphatic carbocycles. The van der Waals surface area contributed by atoms with Crippen LogP contribution in [0.3, 0.4) is 0 Å². The normalized spacial score (nSPS) is 27.3. The molecule has 7 heteroatoms. The number of Topliss-reactive ketones (excluding diaryl/α,β-unsaturated/α-hetero) is 1. The molecule has 0 aliphatic heterocycles. The largest absolute Gasteiger partial charge is 0.426 e. The molecule has 0 aromatic carbocycles. The summed E-state index contributed by atoms with van der Waals surface area (Å²) in [4.78, 5) is 14.0. The fraction of sp³-hybridized carbons (Fsp3) is 0.600. The Labute approximate surface area is 101 Å². The molecule has 0 N–H and O–H groups in total. The predicted molar refractivity (Wildman–Crippen MR) is 55.4 cm³/mol. The number of nitrogens with zero attached hydrogens (tertiary/aromatic N) is 2. The second-order valence-electron chi connectivity index (χ2n) is 4.48. The lowest BCUT2D eigenvalue weighted by molar-refractivity contribution is -0.118. The molecule has 17 heavy (non-hydrogen) atoms. The zero-order valence-corrected chi connectivity index (χ0v) is 9.88. The molecule has 0 spiro atoms. The van der Waals surface area contributed by atoms with Crippen LogP contribution in [0.1, 0.15) is 13.8 Å². The molecule has 1 aliphatic rings. The molecule has 0 unspecified atom stereocenters. The standard InChI is InChI=1S/C10H10ClF3N2O/c1-9(2)5(3-7(11)10(12,13)14)8(9)6(17)4-16-15/h3-5,8H,1-2H3/b7-3-/t5-,8-/m1/s1. The number of hydrogen-bond donors (Lipinski definition) is 0. The van der Waals surface area contributed by atoms with Crippen LogP contribution in [0.25, 0.3) is 5.53 Å². The minimum atomic E-state index is -4.60. The summed E-state index contributed by atoms with van der Waals surface area (Å²) in [6, 6.07) is 0. The van der Waals surface area contributed by atoms with E-state index < -0.39 is 34.2 Å². The highest BCUT2D eigenvalue weighted by molar-refractivity contribution is 6.30. The van der Waals surface area contributed by atoms with Crippen molar-refractivity contribution in [1.29, 1.82) is 0 Å². The van der Waals surface area contributed by atoms with Gasteiger partial charge in [0.2, 0.25) is 5.78 Å². The van der Waals surface area contributed by atoms with Gasteiger partial charge in [0.1, 0.15) is 5.03 Å². The molecule has 0 saturated heterocycles. The molecule has 0 bridgehead atoms. The van der Waals surface area contributed by atoms with E-state index in [1.54, 1.807) is 13.8 Å². The van der Waals surface area contributed by atoms with E-state index >= 15 is 0 Å². The van der Waals surface area contributed by atoms with Crippen LogP contribution in [0, 0.1) is 17.3 Å². The van der Waals surface area contributed by atoms with Crippen molar-refractivity contribution in [3.63, 3.8) is 0 Å². The fourth-order valence-corrected chi connectivity index (χ4v) is 2.06. The van der Waals surface area contributed by atoms with E-state index in [2.05, 4.69) is 4.79 Å². The number of rotatable bonds is 3. The third-order valence-electron chi connectivity index (χ3n) is 3.00. The summed E-state index contributed by atoms with van der Waals surface area (Å²) in [7, 11) is 0. The summed E-state index contributed by atoms with van der Waals surface area (Å²) in [5.74, 6) is -1.73. The Morgan fingerprint density at radius 1 is 1.47 bits per heavy atom. The molecule has 0 radical (unpaired) electrons. The molecule has 1 fully saturated rings. The molecule has 0 aromatic heterocycles. The third kappa shape index (κ3) is 2.76. The van der Waals surface area contributed by atoms with E-state index in [9.17, 15) is 18.0 Å². The zero-order chi connectivity index (χ0) is 13.4. The van der Waals surface area contributed by atoms with Crippen LogP contribution >= 0.6 is 11.6 Å². The van der Waals surface area contributed by atoms with Gasteiger partial charge >= 0.3 is 12.4 Å². The van der Waals surface area contributed by atoms with Gasteiger partial charge in [-0.05, 0) is 11.3 Å². The maximum atomic E-state index is 12.2. The molecule has 0 amide bonds. The molecular formula is C10H10ClF3N2O. The van der Waals surface area contributed by atoms with Crippen LogP contribution in [0.15, 0.2) is 11.1 Å². The van der Waals surface area contributed by atoms with Gasteiger partial charge in [0.25, 0.3) is 0 Å². The van der Waals surface area contributed by atoms with Crippen LogP contribution in [0.2, 0.25) is 0 Å². The van der Waals surface area contributed by atoms with Crippen molar-refractivity contribution in [3.05, 3.63) is 16.6 Å². The van der Waals surface area contributed by atoms with Gasteiger partial charge in [0, 0.05) is 5.92 Å². The van der Waals surface area contributed by atoms with Crippen molar-refractivity contribution in [2.75, 3.05) is 0 Å². The number of ketones is 1. The SMILES string of the molecule is CC1(C)[C@H](/C=C(\Cl)C(F)(F)F)[C@@H]1C(=O)C=[N+]=[N-]. The van der Waals surface area contributed by atoms with Crippen molar-refractivity contribution >= 4 is 23.6 Å². The van der Waals surface area contributed by atoms with Gasteiger partial charge in [0.15, 0.2) is 0 Å². The molecule has 0 aromatic rings. The number of carbonyl (C=O) groups is 1. The predicted octanol–water partition coefficient (Wildman–Crippen LogP) is 2.81. The minimum Gasteiger partial charge on any atom is -0.361 e. The Morgan fingerprint density at radius 2 is 2.00 bits per heavy atom. The van der Waals surface area contributed by atoms with E-state index in [4.69, 9.17) is 17.1 Å². The number of carbonyl (C=O) groups excluding carboxylic acids is 1. The number of halogens is 4. The Morgan fingerprint density at radius 3 is 2.41 bits per heavy atom. The van der Waals surface area contributed by atoms with Gasteiger partial charge in [-0.15, -0.1) is 0 Å². The second kappa shape index (κ2) is 4.27. The quantitative estimate of drug-likeness (QED) is 0.440. The van der Waals surface area contributed by atoms with Gasteiger partial charge in [-0.3, -0.25) is 4.79 Å². The molecule has 1 saturated carbocycles. The first kappa shape index (κ1) is 13.9. The number of alkyl halides is 3. The smallest absolute Gasteiger partial charge is 0.361 e. The Hall–Kier alpha value is -1.13. The highest BCUT2D eigenvalue weighted by atomic mass is 35.5. The van der Waals surface area contributed by atoms with Gasteiger partial charge in [-0.25, -0.2) is 0 Å². The first-order chi connectivity index (χ1) is 7.62. The van der Waals surface area contributed by atoms with Crippen molar-refractivity contribution < 1.29 is 22.8 Å². The van der Waals surface area contributed by atoms with Crippen LogP contribution in [-0.2, 0) is 4.79 Å².